The van der Waals surface area contributed by atoms with Crippen LogP contribution in [0.25, 0.3) is 0 Å². The minimum Gasteiger partial charge on any atom is -0.490 e. The van der Waals surface area contributed by atoms with E-state index in [1.807, 2.05) is 24.3 Å². The number of fused-ring (bicyclic) bond motifs is 1. The van der Waals surface area contributed by atoms with Crippen molar-refractivity contribution in [2.45, 2.75) is 69.8 Å². The van der Waals surface area contributed by atoms with Gasteiger partial charge in [-0.25, -0.2) is 0 Å². The first-order valence-electron chi connectivity index (χ1n) is 20.0. The van der Waals surface area contributed by atoms with E-state index in [0.29, 0.717) is 33.5 Å². The van der Waals surface area contributed by atoms with Gasteiger partial charge < -0.3 is 19.4 Å². The first kappa shape index (κ1) is 37.2. The summed E-state index contributed by atoms with van der Waals surface area (Å²) in [6.07, 6.45) is 7.97. The zero-order chi connectivity index (χ0) is 38.1. The molecule has 2 amide bonds. The normalized spacial score (nSPS) is 23.1. The van der Waals surface area contributed by atoms with Crippen LogP contribution < -0.4 is 19.9 Å². The number of carbonyl (C=O) groups is 4. The highest BCUT2D eigenvalue weighted by Gasteiger charge is 2.49. The first-order valence-corrected chi connectivity index (χ1v) is 20.4. The Kier molecular flexibility index (Phi) is 10.9. The van der Waals surface area contributed by atoms with Crippen molar-refractivity contribution in [3.63, 3.8) is 0 Å². The molecule has 55 heavy (non-hydrogen) atoms. The van der Waals surface area contributed by atoms with E-state index in [2.05, 4.69) is 50.4 Å². The fourth-order valence-electron chi connectivity index (χ4n) is 9.46. The molecule has 0 bridgehead atoms. The Hall–Kier alpha value is -4.72. The highest BCUT2D eigenvalue weighted by molar-refractivity contribution is 6.32. The Bertz CT molecular complexity index is 1990. The smallest absolute Gasteiger partial charge is 0.230 e. The maximum atomic E-state index is 13.7. The van der Waals surface area contributed by atoms with Gasteiger partial charge in [-0.05, 0) is 112 Å². The van der Waals surface area contributed by atoms with E-state index in [0.717, 1.165) is 108 Å². The molecule has 11 heteroatoms. The Morgan fingerprint density at radius 1 is 0.800 bits per heavy atom. The molecule has 4 fully saturated rings. The Morgan fingerprint density at radius 2 is 1.53 bits per heavy atom. The number of halogens is 1. The standard InChI is InChI=1S/C44H48ClN5O5/c45-37-26-32(7-4-31(37)27-46)49-24-17-34(18-25-49)55-33-8-5-29(6-9-33)30-15-20-48(21-16-30)19-12-28-13-22-50(23-14-28)38-3-1-2-35-40(38)43(53)41(42(35)52)36-10-11-39(51)47-44(36)54/h1-9,26,28,30,34,36,41H,10-25H2,(H,47,51,54). The molecular formula is C44H48ClN5O5. The summed E-state index contributed by atoms with van der Waals surface area (Å²) in [5.41, 5.74) is 4.61. The number of likely N-dealkylation sites (tertiary alicyclic amines) is 1. The Labute approximate surface area is 327 Å². The van der Waals surface area contributed by atoms with Gasteiger partial charge in [0.15, 0.2) is 11.6 Å². The van der Waals surface area contributed by atoms with Gasteiger partial charge in [0.2, 0.25) is 11.8 Å². The molecule has 4 aliphatic heterocycles. The van der Waals surface area contributed by atoms with Crippen molar-refractivity contribution < 1.29 is 23.9 Å². The van der Waals surface area contributed by atoms with Crippen LogP contribution in [-0.4, -0.2) is 80.2 Å². The van der Waals surface area contributed by atoms with E-state index in [1.165, 1.54) is 5.56 Å². The van der Waals surface area contributed by atoms with Gasteiger partial charge in [-0.15, -0.1) is 0 Å². The van der Waals surface area contributed by atoms with E-state index in [4.69, 9.17) is 21.6 Å². The Balaban J connectivity index is 0.761. The lowest BCUT2D eigenvalue weighted by atomic mass is 9.82. The number of ether oxygens (including phenoxy) is 1. The van der Waals surface area contributed by atoms with E-state index < -0.39 is 17.7 Å². The quantitative estimate of drug-likeness (QED) is 0.186. The fourth-order valence-corrected chi connectivity index (χ4v) is 9.67. The number of amides is 2. The molecule has 286 valence electrons. The fraction of sp³-hybridized carbons (Fsp3) is 0.477. The van der Waals surface area contributed by atoms with E-state index in [9.17, 15) is 19.2 Å². The number of hydrogen-bond donors (Lipinski definition) is 1. The minimum atomic E-state index is -1.04. The molecule has 0 radical (unpaired) electrons. The van der Waals surface area contributed by atoms with Crippen molar-refractivity contribution in [3.8, 4) is 11.8 Å². The molecule has 0 spiro atoms. The van der Waals surface area contributed by atoms with Gasteiger partial charge in [0.1, 0.15) is 17.9 Å². The van der Waals surface area contributed by atoms with Crippen molar-refractivity contribution in [1.29, 1.82) is 5.26 Å². The molecule has 1 aliphatic carbocycles. The number of benzene rings is 3. The zero-order valence-electron chi connectivity index (χ0n) is 31.2. The van der Waals surface area contributed by atoms with Gasteiger partial charge in [0.25, 0.3) is 0 Å². The number of rotatable bonds is 9. The van der Waals surface area contributed by atoms with Crippen LogP contribution in [0.15, 0.2) is 60.7 Å². The number of carbonyl (C=O) groups excluding carboxylic acids is 4. The summed E-state index contributed by atoms with van der Waals surface area (Å²) < 4.78 is 6.38. The van der Waals surface area contributed by atoms with Crippen LogP contribution in [0.1, 0.15) is 95.5 Å². The summed E-state index contributed by atoms with van der Waals surface area (Å²) in [6.45, 7) is 6.75. The molecule has 2 atom stereocenters. The van der Waals surface area contributed by atoms with Gasteiger partial charge in [-0.3, -0.25) is 24.5 Å². The summed E-state index contributed by atoms with van der Waals surface area (Å²) in [5.74, 6) is -1.16. The molecule has 8 rings (SSSR count). The summed E-state index contributed by atoms with van der Waals surface area (Å²) in [7, 11) is 0. The molecule has 3 aromatic rings. The maximum absolute atomic E-state index is 13.7. The number of anilines is 2. The predicted molar refractivity (Wildman–Crippen MR) is 211 cm³/mol. The lowest BCUT2D eigenvalue weighted by Crippen LogP contribution is -2.46. The second-order valence-electron chi connectivity index (χ2n) is 15.9. The average Bonchev–Trinajstić information content (AvgIpc) is 3.46. The van der Waals surface area contributed by atoms with Crippen LogP contribution in [0, 0.1) is 29.1 Å². The summed E-state index contributed by atoms with van der Waals surface area (Å²) in [6, 6.07) is 22.0. The number of nitrogens with zero attached hydrogens (tertiary/aromatic N) is 4. The van der Waals surface area contributed by atoms with Crippen molar-refractivity contribution >= 4 is 46.4 Å². The minimum absolute atomic E-state index is 0.147. The van der Waals surface area contributed by atoms with E-state index in [1.54, 1.807) is 12.1 Å². The van der Waals surface area contributed by atoms with Crippen LogP contribution in [0.3, 0.4) is 0 Å². The third-order valence-corrected chi connectivity index (χ3v) is 13.0. The van der Waals surface area contributed by atoms with Gasteiger partial charge in [-0.1, -0.05) is 35.9 Å². The second kappa shape index (κ2) is 16.2. The van der Waals surface area contributed by atoms with E-state index >= 15 is 0 Å². The molecule has 0 aromatic heterocycles. The molecular weight excluding hydrogens is 714 g/mol. The monoisotopic (exact) mass is 761 g/mol. The number of nitrogens with one attached hydrogen (secondary N) is 1. The lowest BCUT2D eigenvalue weighted by molar-refractivity contribution is -0.137. The summed E-state index contributed by atoms with van der Waals surface area (Å²) >= 11 is 6.26. The van der Waals surface area contributed by atoms with Crippen molar-refractivity contribution in [2.24, 2.45) is 17.8 Å². The van der Waals surface area contributed by atoms with E-state index in [-0.39, 0.29) is 36.4 Å². The number of imide groups is 1. The number of hydrogen-bond acceptors (Lipinski definition) is 9. The average molecular weight is 762 g/mol. The van der Waals surface area contributed by atoms with Gasteiger partial charge >= 0.3 is 0 Å². The van der Waals surface area contributed by atoms with Crippen molar-refractivity contribution in [3.05, 3.63) is 87.9 Å². The van der Waals surface area contributed by atoms with Gasteiger partial charge in [0, 0.05) is 62.4 Å². The molecule has 10 nitrogen and oxygen atoms in total. The second-order valence-corrected chi connectivity index (χ2v) is 16.4. The van der Waals surface area contributed by atoms with Crippen LogP contribution in [-0.2, 0) is 9.59 Å². The molecule has 3 aromatic carbocycles. The highest BCUT2D eigenvalue weighted by atomic mass is 35.5. The molecule has 2 unspecified atom stereocenters. The molecule has 5 aliphatic rings. The molecule has 4 heterocycles. The van der Waals surface area contributed by atoms with Gasteiger partial charge in [-0.2, -0.15) is 5.26 Å². The number of Topliss-reactive ketones (excluding diaryl/α,β-unsaturated/α-hetero) is 2. The van der Waals surface area contributed by atoms with Crippen LogP contribution in [0.4, 0.5) is 11.4 Å². The molecule has 0 saturated carbocycles. The zero-order valence-corrected chi connectivity index (χ0v) is 31.9. The van der Waals surface area contributed by atoms with Crippen LogP contribution >= 0.6 is 11.6 Å². The third kappa shape index (κ3) is 7.87. The predicted octanol–water partition coefficient (Wildman–Crippen LogP) is 6.79. The SMILES string of the molecule is N#Cc1ccc(N2CCC(Oc3ccc(C4CCN(CCC5CCN(c6cccc7c6C(=O)C(C6CCC(=O)NC6=O)C7=O)CC5)CC4)cc3)CC2)cc1Cl. The number of ketones is 2. The third-order valence-electron chi connectivity index (χ3n) is 12.7. The molecule has 4 saturated heterocycles. The maximum Gasteiger partial charge on any atom is 0.230 e. The van der Waals surface area contributed by atoms with Gasteiger partial charge in [0.05, 0.1) is 28.0 Å². The topological polar surface area (TPSA) is 123 Å². The summed E-state index contributed by atoms with van der Waals surface area (Å²) in [5, 5.41) is 12.0. The van der Waals surface area contributed by atoms with Crippen molar-refractivity contribution in [1.82, 2.24) is 10.2 Å². The first-order chi connectivity index (χ1) is 26.7. The summed E-state index contributed by atoms with van der Waals surface area (Å²) in [4.78, 5) is 58.5. The largest absolute Gasteiger partial charge is 0.490 e. The van der Waals surface area contributed by atoms with Crippen LogP contribution in [0.5, 0.6) is 5.75 Å². The number of piperidine rings is 4. The Morgan fingerprint density at radius 3 is 2.22 bits per heavy atom. The number of nitriles is 1. The van der Waals surface area contributed by atoms with Crippen LogP contribution in [0.2, 0.25) is 5.02 Å². The highest BCUT2D eigenvalue weighted by Crippen LogP contribution is 2.41. The lowest BCUT2D eigenvalue weighted by Gasteiger charge is -2.37. The molecule has 1 N–H and O–H groups in total. The van der Waals surface area contributed by atoms with Crippen molar-refractivity contribution in [2.75, 3.05) is 55.6 Å².